The summed E-state index contributed by atoms with van der Waals surface area (Å²) in [5.74, 6) is -0.630. The monoisotopic (exact) mass is 166 g/mol. The smallest absolute Gasteiger partial charge is 0.237 e. The maximum atomic E-state index is 11.2. The SMILES string of the molecule is CC(C#N)C(=O)NC1CCCC1. The third-order valence-corrected chi connectivity index (χ3v) is 2.29. The van der Waals surface area contributed by atoms with Crippen LogP contribution in [0, 0.1) is 17.2 Å². The predicted octanol–water partition coefficient (Wildman–Crippen LogP) is 1.20. The number of nitrogens with zero attached hydrogens (tertiary/aromatic N) is 1. The Morgan fingerprint density at radius 1 is 1.58 bits per heavy atom. The van der Waals surface area contributed by atoms with E-state index in [1.165, 1.54) is 12.8 Å². The van der Waals surface area contributed by atoms with E-state index in [1.807, 2.05) is 6.07 Å². The maximum absolute atomic E-state index is 11.2. The molecule has 1 aliphatic carbocycles. The first-order chi connectivity index (χ1) is 5.74. The van der Waals surface area contributed by atoms with Gasteiger partial charge in [0.2, 0.25) is 5.91 Å². The molecule has 1 fully saturated rings. The lowest BCUT2D eigenvalue weighted by molar-refractivity contribution is -0.123. The predicted molar refractivity (Wildman–Crippen MR) is 45.2 cm³/mol. The van der Waals surface area contributed by atoms with Crippen LogP contribution in [0.25, 0.3) is 0 Å². The van der Waals surface area contributed by atoms with Gasteiger partial charge in [0.1, 0.15) is 5.92 Å². The van der Waals surface area contributed by atoms with Crippen LogP contribution < -0.4 is 5.32 Å². The second-order valence-electron chi connectivity index (χ2n) is 3.34. The first kappa shape index (κ1) is 9.05. The zero-order valence-corrected chi connectivity index (χ0v) is 7.34. The average molecular weight is 166 g/mol. The molecule has 3 heteroatoms. The summed E-state index contributed by atoms with van der Waals surface area (Å²) in [6.45, 7) is 1.63. The third kappa shape index (κ3) is 2.23. The van der Waals surface area contributed by atoms with Crippen LogP contribution in [-0.2, 0) is 4.79 Å². The Balaban J connectivity index is 2.31. The summed E-state index contributed by atoms with van der Waals surface area (Å²) in [4.78, 5) is 11.2. The fraction of sp³-hybridized carbons (Fsp3) is 0.778. The summed E-state index contributed by atoms with van der Waals surface area (Å²) in [7, 11) is 0. The molecule has 0 aromatic carbocycles. The molecular weight excluding hydrogens is 152 g/mol. The van der Waals surface area contributed by atoms with Crippen LogP contribution in [0.5, 0.6) is 0 Å². The van der Waals surface area contributed by atoms with E-state index in [2.05, 4.69) is 5.32 Å². The first-order valence-electron chi connectivity index (χ1n) is 4.44. The van der Waals surface area contributed by atoms with E-state index in [0.717, 1.165) is 12.8 Å². The molecule has 0 bridgehead atoms. The van der Waals surface area contributed by atoms with Gasteiger partial charge < -0.3 is 5.32 Å². The summed E-state index contributed by atoms with van der Waals surface area (Å²) in [6.07, 6.45) is 4.55. The van der Waals surface area contributed by atoms with Gasteiger partial charge in [-0.2, -0.15) is 5.26 Å². The van der Waals surface area contributed by atoms with Crippen LogP contribution in [0.2, 0.25) is 0 Å². The lowest BCUT2D eigenvalue weighted by Crippen LogP contribution is -2.35. The molecule has 1 unspecified atom stereocenters. The molecule has 12 heavy (non-hydrogen) atoms. The van der Waals surface area contributed by atoms with Crippen molar-refractivity contribution in [1.29, 1.82) is 5.26 Å². The van der Waals surface area contributed by atoms with Crippen molar-refractivity contribution < 1.29 is 4.79 Å². The van der Waals surface area contributed by atoms with E-state index < -0.39 is 5.92 Å². The van der Waals surface area contributed by atoms with Gasteiger partial charge in [0.25, 0.3) is 0 Å². The van der Waals surface area contributed by atoms with Gasteiger partial charge in [0.15, 0.2) is 0 Å². The fourth-order valence-electron chi connectivity index (χ4n) is 1.45. The Bertz CT molecular complexity index is 201. The van der Waals surface area contributed by atoms with E-state index >= 15 is 0 Å². The zero-order valence-electron chi connectivity index (χ0n) is 7.34. The van der Waals surface area contributed by atoms with Crippen molar-refractivity contribution >= 4 is 5.91 Å². The van der Waals surface area contributed by atoms with Crippen molar-refractivity contribution in [3.8, 4) is 6.07 Å². The van der Waals surface area contributed by atoms with Crippen molar-refractivity contribution in [3.05, 3.63) is 0 Å². The van der Waals surface area contributed by atoms with E-state index in [1.54, 1.807) is 6.92 Å². The summed E-state index contributed by atoms with van der Waals surface area (Å²) < 4.78 is 0. The van der Waals surface area contributed by atoms with Gasteiger partial charge in [0, 0.05) is 6.04 Å². The number of hydrogen-bond donors (Lipinski definition) is 1. The molecule has 0 spiro atoms. The standard InChI is InChI=1S/C9H14N2O/c1-7(6-10)9(12)11-8-4-2-3-5-8/h7-8H,2-5H2,1H3,(H,11,12). The molecule has 0 aromatic heterocycles. The minimum Gasteiger partial charge on any atom is -0.352 e. The van der Waals surface area contributed by atoms with Crippen LogP contribution in [-0.4, -0.2) is 11.9 Å². The minimum absolute atomic E-state index is 0.121. The highest BCUT2D eigenvalue weighted by Crippen LogP contribution is 2.17. The van der Waals surface area contributed by atoms with Gasteiger partial charge in [-0.1, -0.05) is 12.8 Å². The number of nitriles is 1. The van der Waals surface area contributed by atoms with E-state index in [-0.39, 0.29) is 5.91 Å². The van der Waals surface area contributed by atoms with Crippen LogP contribution in [0.4, 0.5) is 0 Å². The van der Waals surface area contributed by atoms with Crippen molar-refractivity contribution in [2.45, 2.75) is 38.6 Å². The molecule has 1 atom stereocenters. The second kappa shape index (κ2) is 4.10. The molecule has 1 saturated carbocycles. The Morgan fingerprint density at radius 2 is 2.17 bits per heavy atom. The quantitative estimate of drug-likeness (QED) is 0.670. The van der Waals surface area contributed by atoms with Crippen LogP contribution in [0.1, 0.15) is 32.6 Å². The summed E-state index contributed by atoms with van der Waals surface area (Å²) >= 11 is 0. The van der Waals surface area contributed by atoms with Crippen LogP contribution in [0.15, 0.2) is 0 Å². The fourth-order valence-corrected chi connectivity index (χ4v) is 1.45. The molecule has 3 nitrogen and oxygen atoms in total. The number of rotatable bonds is 2. The highest BCUT2D eigenvalue weighted by Gasteiger charge is 2.19. The zero-order chi connectivity index (χ0) is 8.97. The molecule has 0 aliphatic heterocycles. The van der Waals surface area contributed by atoms with Gasteiger partial charge in [-0.05, 0) is 19.8 Å². The van der Waals surface area contributed by atoms with Crippen molar-refractivity contribution in [1.82, 2.24) is 5.32 Å². The molecule has 1 rings (SSSR count). The van der Waals surface area contributed by atoms with Crippen molar-refractivity contribution in [3.63, 3.8) is 0 Å². The average Bonchev–Trinajstić information content (AvgIpc) is 2.55. The molecule has 0 saturated heterocycles. The highest BCUT2D eigenvalue weighted by molar-refractivity contribution is 5.80. The molecule has 1 aliphatic rings. The number of carbonyl (C=O) groups is 1. The third-order valence-electron chi connectivity index (χ3n) is 2.29. The second-order valence-corrected chi connectivity index (χ2v) is 3.34. The normalized spacial score (nSPS) is 20.0. The number of hydrogen-bond acceptors (Lipinski definition) is 2. The van der Waals surface area contributed by atoms with Crippen LogP contribution >= 0.6 is 0 Å². The molecule has 1 amide bonds. The Labute approximate surface area is 72.8 Å². The Hall–Kier alpha value is -1.04. The van der Waals surface area contributed by atoms with Crippen molar-refractivity contribution in [2.24, 2.45) is 5.92 Å². The van der Waals surface area contributed by atoms with Gasteiger partial charge in [-0.25, -0.2) is 0 Å². The number of nitrogens with one attached hydrogen (secondary N) is 1. The first-order valence-corrected chi connectivity index (χ1v) is 4.44. The molecule has 66 valence electrons. The lowest BCUT2D eigenvalue weighted by atomic mass is 10.1. The van der Waals surface area contributed by atoms with E-state index in [4.69, 9.17) is 5.26 Å². The number of carbonyl (C=O) groups excluding carboxylic acids is 1. The summed E-state index contributed by atoms with van der Waals surface area (Å²) in [5, 5.41) is 11.3. The van der Waals surface area contributed by atoms with Gasteiger partial charge in [-0.15, -0.1) is 0 Å². The van der Waals surface area contributed by atoms with Crippen molar-refractivity contribution in [2.75, 3.05) is 0 Å². The largest absolute Gasteiger partial charge is 0.352 e. The molecular formula is C9H14N2O. The molecule has 1 N–H and O–H groups in total. The van der Waals surface area contributed by atoms with E-state index in [9.17, 15) is 4.79 Å². The minimum atomic E-state index is -0.509. The van der Waals surface area contributed by atoms with E-state index in [0.29, 0.717) is 6.04 Å². The summed E-state index contributed by atoms with van der Waals surface area (Å²) in [6, 6.07) is 2.25. The molecule has 0 radical (unpaired) electrons. The molecule has 0 aromatic rings. The maximum Gasteiger partial charge on any atom is 0.237 e. The lowest BCUT2D eigenvalue weighted by Gasteiger charge is -2.12. The Kier molecular flexibility index (Phi) is 3.09. The van der Waals surface area contributed by atoms with Gasteiger partial charge in [-0.3, -0.25) is 4.79 Å². The van der Waals surface area contributed by atoms with Crippen LogP contribution in [0.3, 0.4) is 0 Å². The summed E-state index contributed by atoms with van der Waals surface area (Å²) in [5.41, 5.74) is 0. The Morgan fingerprint density at radius 3 is 2.67 bits per heavy atom. The highest BCUT2D eigenvalue weighted by atomic mass is 16.1. The topological polar surface area (TPSA) is 52.9 Å². The molecule has 0 heterocycles. The number of amides is 1. The van der Waals surface area contributed by atoms with Gasteiger partial charge in [0.05, 0.1) is 6.07 Å². The van der Waals surface area contributed by atoms with Gasteiger partial charge >= 0.3 is 0 Å².